The molecule has 0 radical (unpaired) electrons. The van der Waals surface area contributed by atoms with E-state index in [0.29, 0.717) is 10.5 Å². The third kappa shape index (κ3) is 4.13. The highest BCUT2D eigenvalue weighted by molar-refractivity contribution is 9.10. The highest BCUT2D eigenvalue weighted by Crippen LogP contribution is 2.37. The molecule has 21 heavy (non-hydrogen) atoms. The fraction of sp³-hybridized carbons (Fsp3) is 0.600. The molecular formula is C15H20BrF3N2. The van der Waals surface area contributed by atoms with Crippen LogP contribution in [-0.4, -0.2) is 26.2 Å². The van der Waals surface area contributed by atoms with Crippen molar-refractivity contribution in [2.45, 2.75) is 37.9 Å². The van der Waals surface area contributed by atoms with Crippen LogP contribution in [0.25, 0.3) is 0 Å². The Morgan fingerprint density at radius 1 is 1.33 bits per heavy atom. The number of benzene rings is 1. The van der Waals surface area contributed by atoms with Crippen molar-refractivity contribution in [2.24, 2.45) is 0 Å². The van der Waals surface area contributed by atoms with E-state index < -0.39 is 11.7 Å². The summed E-state index contributed by atoms with van der Waals surface area (Å²) < 4.78 is 38.7. The molecule has 118 valence electrons. The molecule has 1 heterocycles. The first kappa shape index (κ1) is 16.6. The zero-order chi connectivity index (χ0) is 15.5. The fourth-order valence-corrected chi connectivity index (χ4v) is 3.45. The molecule has 0 amide bonds. The summed E-state index contributed by atoms with van der Waals surface area (Å²) in [5.41, 5.74) is 0.255. The van der Waals surface area contributed by atoms with Gasteiger partial charge in [0.05, 0.1) is 11.3 Å². The molecule has 1 aromatic rings. The van der Waals surface area contributed by atoms with Crippen LogP contribution < -0.4 is 10.2 Å². The van der Waals surface area contributed by atoms with Crippen LogP contribution in [0.2, 0.25) is 0 Å². The number of rotatable bonds is 4. The molecule has 1 aromatic carbocycles. The summed E-state index contributed by atoms with van der Waals surface area (Å²) in [6.45, 7) is 1.82. The summed E-state index contributed by atoms with van der Waals surface area (Å²) in [4.78, 5) is 2.24. The van der Waals surface area contributed by atoms with E-state index >= 15 is 0 Å². The van der Waals surface area contributed by atoms with Gasteiger partial charge in [0.1, 0.15) is 0 Å². The summed E-state index contributed by atoms with van der Waals surface area (Å²) in [6, 6.07) is 4.33. The molecule has 0 aliphatic carbocycles. The minimum atomic E-state index is -4.30. The molecule has 1 aliphatic rings. The van der Waals surface area contributed by atoms with Gasteiger partial charge in [-0.1, -0.05) is 0 Å². The van der Waals surface area contributed by atoms with Crippen LogP contribution in [0.5, 0.6) is 0 Å². The molecule has 2 rings (SSSR count). The standard InChI is InChI=1S/C15H20BrF3N2/c1-20-8-7-12-4-2-3-9-21(12)14-6-5-11(10-13(14)16)15(17,18)19/h5-6,10,12,20H,2-4,7-9H2,1H3. The van der Waals surface area contributed by atoms with E-state index in [0.717, 1.165) is 38.0 Å². The van der Waals surface area contributed by atoms with Crippen molar-refractivity contribution < 1.29 is 13.2 Å². The van der Waals surface area contributed by atoms with Gasteiger partial charge in [-0.2, -0.15) is 13.2 Å². The van der Waals surface area contributed by atoms with Crippen molar-refractivity contribution in [3.8, 4) is 0 Å². The first-order valence-electron chi connectivity index (χ1n) is 7.21. The van der Waals surface area contributed by atoms with E-state index in [1.54, 1.807) is 6.07 Å². The molecule has 0 saturated carbocycles. The van der Waals surface area contributed by atoms with Gasteiger partial charge < -0.3 is 10.2 Å². The lowest BCUT2D eigenvalue weighted by molar-refractivity contribution is -0.137. The van der Waals surface area contributed by atoms with Crippen molar-refractivity contribution >= 4 is 21.6 Å². The summed E-state index contributed by atoms with van der Waals surface area (Å²) in [5.74, 6) is 0. The first-order chi connectivity index (χ1) is 9.93. The average molecular weight is 365 g/mol. The predicted molar refractivity (Wildman–Crippen MR) is 82.7 cm³/mol. The Morgan fingerprint density at radius 2 is 2.10 bits per heavy atom. The third-order valence-electron chi connectivity index (χ3n) is 3.94. The number of anilines is 1. The average Bonchev–Trinajstić information content (AvgIpc) is 2.44. The summed E-state index contributed by atoms with van der Waals surface area (Å²) in [6.07, 6.45) is 0.0697. The second kappa shape index (κ2) is 7.01. The van der Waals surface area contributed by atoms with Crippen molar-refractivity contribution in [1.29, 1.82) is 0 Å². The molecule has 1 unspecified atom stereocenters. The van der Waals surface area contributed by atoms with Crippen LogP contribution in [-0.2, 0) is 6.18 Å². The highest BCUT2D eigenvalue weighted by atomic mass is 79.9. The van der Waals surface area contributed by atoms with E-state index in [2.05, 4.69) is 26.1 Å². The Morgan fingerprint density at radius 3 is 2.71 bits per heavy atom. The Labute approximate surface area is 131 Å². The lowest BCUT2D eigenvalue weighted by Gasteiger charge is -2.38. The second-order valence-corrected chi connectivity index (χ2v) is 6.25. The van der Waals surface area contributed by atoms with Gasteiger partial charge in [0.15, 0.2) is 0 Å². The molecule has 0 bridgehead atoms. The molecule has 1 atom stereocenters. The molecule has 1 aliphatic heterocycles. The van der Waals surface area contributed by atoms with Crippen LogP contribution in [0.1, 0.15) is 31.2 Å². The second-order valence-electron chi connectivity index (χ2n) is 5.40. The molecule has 6 heteroatoms. The minimum Gasteiger partial charge on any atom is -0.368 e. The Hall–Kier alpha value is -0.750. The normalized spacial score (nSPS) is 19.9. The van der Waals surface area contributed by atoms with Crippen molar-refractivity contribution in [1.82, 2.24) is 5.32 Å². The summed E-state index contributed by atoms with van der Waals surface area (Å²) in [7, 11) is 1.92. The number of hydrogen-bond acceptors (Lipinski definition) is 2. The lowest BCUT2D eigenvalue weighted by atomic mass is 9.98. The van der Waals surface area contributed by atoms with E-state index in [9.17, 15) is 13.2 Å². The van der Waals surface area contributed by atoms with Crippen molar-refractivity contribution in [2.75, 3.05) is 25.0 Å². The van der Waals surface area contributed by atoms with Gasteiger partial charge in [0.25, 0.3) is 0 Å². The van der Waals surface area contributed by atoms with Crippen LogP contribution in [0, 0.1) is 0 Å². The lowest BCUT2D eigenvalue weighted by Crippen LogP contribution is -2.41. The van der Waals surface area contributed by atoms with Crippen LogP contribution in [0.4, 0.5) is 18.9 Å². The molecular weight excluding hydrogens is 345 g/mol. The van der Waals surface area contributed by atoms with Gasteiger partial charge in [0.2, 0.25) is 0 Å². The SMILES string of the molecule is CNCCC1CCCCN1c1ccc(C(F)(F)F)cc1Br. The number of alkyl halides is 3. The number of nitrogens with zero attached hydrogens (tertiary/aromatic N) is 1. The molecule has 2 nitrogen and oxygen atoms in total. The maximum Gasteiger partial charge on any atom is 0.416 e. The number of hydrogen-bond donors (Lipinski definition) is 1. The first-order valence-corrected chi connectivity index (χ1v) is 8.01. The maximum atomic E-state index is 12.7. The Balaban J connectivity index is 2.22. The van der Waals surface area contributed by atoms with Crippen LogP contribution >= 0.6 is 15.9 Å². The Bertz CT molecular complexity index is 476. The molecule has 1 saturated heterocycles. The summed E-state index contributed by atoms with van der Waals surface area (Å²) >= 11 is 3.31. The van der Waals surface area contributed by atoms with Crippen molar-refractivity contribution in [3.63, 3.8) is 0 Å². The molecule has 0 spiro atoms. The van der Waals surface area contributed by atoms with Crippen molar-refractivity contribution in [3.05, 3.63) is 28.2 Å². The van der Waals surface area contributed by atoms with Gasteiger partial charge in [-0.15, -0.1) is 0 Å². The summed E-state index contributed by atoms with van der Waals surface area (Å²) in [5, 5.41) is 3.14. The van der Waals surface area contributed by atoms with E-state index in [1.807, 2.05) is 7.05 Å². The number of halogens is 4. The number of piperidine rings is 1. The van der Waals surface area contributed by atoms with Crippen LogP contribution in [0.15, 0.2) is 22.7 Å². The van der Waals surface area contributed by atoms with Gasteiger partial charge in [-0.3, -0.25) is 0 Å². The third-order valence-corrected chi connectivity index (χ3v) is 4.57. The zero-order valence-corrected chi connectivity index (χ0v) is 13.6. The highest BCUT2D eigenvalue weighted by Gasteiger charge is 2.32. The zero-order valence-electron chi connectivity index (χ0n) is 12.0. The van der Waals surface area contributed by atoms with Gasteiger partial charge in [-0.25, -0.2) is 0 Å². The van der Waals surface area contributed by atoms with E-state index in [1.165, 1.54) is 18.6 Å². The minimum absolute atomic E-state index is 0.388. The predicted octanol–water partition coefficient (Wildman–Crippen LogP) is 4.44. The maximum absolute atomic E-state index is 12.7. The van der Waals surface area contributed by atoms with Gasteiger partial charge >= 0.3 is 6.18 Å². The number of nitrogens with one attached hydrogen (secondary N) is 1. The largest absolute Gasteiger partial charge is 0.416 e. The molecule has 1 N–H and O–H groups in total. The van der Waals surface area contributed by atoms with E-state index in [-0.39, 0.29) is 0 Å². The van der Waals surface area contributed by atoms with Crippen LogP contribution in [0.3, 0.4) is 0 Å². The molecule has 0 aromatic heterocycles. The Kier molecular flexibility index (Phi) is 5.54. The van der Waals surface area contributed by atoms with Gasteiger partial charge in [0, 0.05) is 17.1 Å². The van der Waals surface area contributed by atoms with E-state index in [4.69, 9.17) is 0 Å². The fourth-order valence-electron chi connectivity index (χ4n) is 2.84. The molecule has 1 fully saturated rings. The topological polar surface area (TPSA) is 15.3 Å². The quantitative estimate of drug-likeness (QED) is 0.849. The monoisotopic (exact) mass is 364 g/mol. The smallest absolute Gasteiger partial charge is 0.368 e. The van der Waals surface area contributed by atoms with Gasteiger partial charge in [-0.05, 0) is 73.4 Å².